The molecular formula is C26H30N4O5. The van der Waals surface area contributed by atoms with Crippen molar-refractivity contribution in [3.8, 4) is 28.6 Å². The van der Waals surface area contributed by atoms with E-state index in [0.717, 1.165) is 23.4 Å². The molecule has 1 atom stereocenters. The molecule has 1 aromatic heterocycles. The molecule has 4 rings (SSSR count). The topological polar surface area (TPSA) is 110 Å². The van der Waals surface area contributed by atoms with Gasteiger partial charge in [0.15, 0.2) is 11.5 Å². The molecule has 0 bridgehead atoms. The van der Waals surface area contributed by atoms with E-state index in [2.05, 4.69) is 29.3 Å². The van der Waals surface area contributed by atoms with Gasteiger partial charge in [-0.15, -0.1) is 0 Å². The number of hydrogen-bond donors (Lipinski definition) is 2. The van der Waals surface area contributed by atoms with Crippen LogP contribution in [0.5, 0.6) is 17.2 Å². The summed E-state index contributed by atoms with van der Waals surface area (Å²) >= 11 is 0. The normalized spacial score (nSPS) is 16.0. The van der Waals surface area contributed by atoms with Gasteiger partial charge in [0.2, 0.25) is 5.82 Å². The third-order valence-corrected chi connectivity index (χ3v) is 6.07. The molecular weight excluding hydrogens is 448 g/mol. The molecule has 2 heterocycles. The Labute approximate surface area is 204 Å². The zero-order valence-electron chi connectivity index (χ0n) is 20.5. The van der Waals surface area contributed by atoms with Crippen molar-refractivity contribution in [1.82, 2.24) is 20.4 Å². The van der Waals surface area contributed by atoms with Crippen molar-refractivity contribution in [2.75, 3.05) is 20.8 Å². The second kappa shape index (κ2) is 10.1. The number of rotatable bonds is 8. The lowest BCUT2D eigenvalue weighted by molar-refractivity contribution is 0.202. The van der Waals surface area contributed by atoms with Crippen LogP contribution in [-0.4, -0.2) is 46.9 Å². The molecule has 2 aromatic carbocycles. The molecule has 9 nitrogen and oxygen atoms in total. The van der Waals surface area contributed by atoms with Crippen LogP contribution in [0.3, 0.4) is 0 Å². The highest BCUT2D eigenvalue weighted by atomic mass is 16.5. The van der Waals surface area contributed by atoms with Crippen molar-refractivity contribution < 1.29 is 23.9 Å². The van der Waals surface area contributed by atoms with Crippen molar-refractivity contribution in [1.29, 1.82) is 0 Å². The smallest absolute Gasteiger partial charge is 0.322 e. The van der Waals surface area contributed by atoms with Crippen LogP contribution in [0.25, 0.3) is 17.0 Å². The Morgan fingerprint density at radius 2 is 1.89 bits per heavy atom. The van der Waals surface area contributed by atoms with Gasteiger partial charge in [0.1, 0.15) is 5.75 Å². The van der Waals surface area contributed by atoms with Crippen molar-refractivity contribution in [3.05, 3.63) is 59.6 Å². The highest BCUT2D eigenvalue weighted by Crippen LogP contribution is 2.40. The number of nitrogens with zero attached hydrogens (tertiary/aromatic N) is 3. The Morgan fingerprint density at radius 1 is 1.14 bits per heavy atom. The molecule has 0 saturated carbocycles. The molecule has 1 aliphatic rings. The average Bonchev–Trinajstić information content (AvgIpc) is 3.33. The zero-order valence-corrected chi connectivity index (χ0v) is 20.5. The van der Waals surface area contributed by atoms with E-state index in [-0.39, 0.29) is 11.8 Å². The number of phenols is 1. The highest BCUT2D eigenvalue weighted by Gasteiger charge is 2.36. The highest BCUT2D eigenvalue weighted by molar-refractivity contribution is 5.87. The van der Waals surface area contributed by atoms with Crippen LogP contribution in [0.1, 0.15) is 44.7 Å². The first-order chi connectivity index (χ1) is 16.8. The summed E-state index contributed by atoms with van der Waals surface area (Å²) in [5.74, 6) is 2.19. The first kappa shape index (κ1) is 24.1. The van der Waals surface area contributed by atoms with Crippen LogP contribution in [0.4, 0.5) is 4.79 Å². The molecule has 9 heteroatoms. The Kier molecular flexibility index (Phi) is 6.95. The van der Waals surface area contributed by atoms with Gasteiger partial charge in [-0.3, -0.25) is 4.90 Å². The fourth-order valence-corrected chi connectivity index (χ4v) is 4.04. The molecule has 3 aromatic rings. The number of methoxy groups -OCH3 is 2. The Bertz CT molecular complexity index is 1230. The molecule has 2 amide bonds. The van der Waals surface area contributed by atoms with Crippen LogP contribution >= 0.6 is 0 Å². The number of benzene rings is 2. The molecule has 0 fully saturated rings. The van der Waals surface area contributed by atoms with Gasteiger partial charge in [0.05, 0.1) is 25.8 Å². The number of amides is 2. The maximum atomic E-state index is 13.1. The van der Waals surface area contributed by atoms with Crippen molar-refractivity contribution >= 4 is 11.6 Å². The second-order valence-electron chi connectivity index (χ2n) is 8.80. The minimum absolute atomic E-state index is 0.0251. The van der Waals surface area contributed by atoms with E-state index < -0.39 is 6.04 Å². The van der Waals surface area contributed by atoms with Crippen LogP contribution in [0.15, 0.2) is 52.7 Å². The third-order valence-electron chi connectivity index (χ3n) is 6.07. The van der Waals surface area contributed by atoms with E-state index >= 15 is 0 Å². The van der Waals surface area contributed by atoms with Crippen LogP contribution in [-0.2, 0) is 0 Å². The molecule has 0 aliphatic carbocycles. The van der Waals surface area contributed by atoms with Gasteiger partial charge in [0.25, 0.3) is 5.89 Å². The number of allylic oxidation sites excluding steroid dienone is 1. The SMILES string of the molecule is COc1ccc(-c2noc(C3=C(C)N(CCC(C)C)C(=O)NC3c3ccc(OC)c(O)c3)n2)cc1. The van der Waals surface area contributed by atoms with Crippen molar-refractivity contribution in [3.63, 3.8) is 0 Å². The van der Waals surface area contributed by atoms with Crippen LogP contribution in [0, 0.1) is 5.92 Å². The molecule has 1 aliphatic heterocycles. The summed E-state index contributed by atoms with van der Waals surface area (Å²) in [4.78, 5) is 19.4. The van der Waals surface area contributed by atoms with Gasteiger partial charge >= 0.3 is 6.03 Å². The number of urea groups is 1. The van der Waals surface area contributed by atoms with Gasteiger partial charge in [0, 0.05) is 17.8 Å². The Hall–Kier alpha value is -4.01. The van der Waals surface area contributed by atoms with E-state index in [1.165, 1.54) is 7.11 Å². The number of carbonyl (C=O) groups excluding carboxylic acids is 1. The fraction of sp³-hybridized carbons (Fsp3) is 0.346. The minimum atomic E-state index is -0.598. The van der Waals surface area contributed by atoms with E-state index in [1.807, 2.05) is 31.2 Å². The maximum absolute atomic E-state index is 13.1. The third kappa shape index (κ3) is 4.94. The predicted molar refractivity (Wildman–Crippen MR) is 131 cm³/mol. The summed E-state index contributed by atoms with van der Waals surface area (Å²) in [6, 6.07) is 11.6. The van der Waals surface area contributed by atoms with Gasteiger partial charge < -0.3 is 24.4 Å². The number of aromatic hydroxyl groups is 1. The first-order valence-corrected chi connectivity index (χ1v) is 11.5. The second-order valence-corrected chi connectivity index (χ2v) is 8.80. The number of ether oxygens (including phenoxy) is 2. The molecule has 2 N–H and O–H groups in total. The largest absolute Gasteiger partial charge is 0.504 e. The summed E-state index contributed by atoms with van der Waals surface area (Å²) in [6.07, 6.45) is 0.840. The van der Waals surface area contributed by atoms with Crippen LogP contribution < -0.4 is 14.8 Å². The van der Waals surface area contributed by atoms with Crippen molar-refractivity contribution in [2.45, 2.75) is 33.2 Å². The maximum Gasteiger partial charge on any atom is 0.322 e. The van der Waals surface area contributed by atoms with E-state index in [1.54, 1.807) is 30.2 Å². The van der Waals surface area contributed by atoms with E-state index in [9.17, 15) is 9.90 Å². The predicted octanol–water partition coefficient (Wildman–Crippen LogP) is 5.00. The van der Waals surface area contributed by atoms with E-state index in [0.29, 0.717) is 41.1 Å². The summed E-state index contributed by atoms with van der Waals surface area (Å²) in [5, 5.41) is 17.6. The van der Waals surface area contributed by atoms with Crippen molar-refractivity contribution in [2.24, 2.45) is 5.92 Å². The lowest BCUT2D eigenvalue weighted by Gasteiger charge is -2.35. The molecule has 1 unspecified atom stereocenters. The number of phenolic OH excluding ortho intramolecular Hbond substituents is 1. The standard InChI is InChI=1S/C26H30N4O5/c1-15(2)12-13-30-16(3)22(23(27-26(30)32)18-8-11-21(34-5)20(31)14-18)25-28-24(29-35-25)17-6-9-19(33-4)10-7-17/h6-11,14-15,23,31H,12-13H2,1-5H3,(H,27,32). The van der Waals surface area contributed by atoms with E-state index in [4.69, 9.17) is 14.0 Å². The van der Waals surface area contributed by atoms with Gasteiger partial charge in [-0.2, -0.15) is 4.98 Å². The summed E-state index contributed by atoms with van der Waals surface area (Å²) in [6.45, 7) is 6.66. The number of nitrogens with one attached hydrogen (secondary N) is 1. The Morgan fingerprint density at radius 3 is 2.51 bits per heavy atom. The number of aromatic nitrogens is 2. The fourth-order valence-electron chi connectivity index (χ4n) is 4.04. The number of hydrogen-bond acceptors (Lipinski definition) is 7. The van der Waals surface area contributed by atoms with Gasteiger partial charge in [-0.1, -0.05) is 25.1 Å². The van der Waals surface area contributed by atoms with Gasteiger partial charge in [-0.05, 0) is 61.2 Å². The van der Waals surface area contributed by atoms with Gasteiger partial charge in [-0.25, -0.2) is 4.79 Å². The quantitative estimate of drug-likeness (QED) is 0.469. The molecule has 184 valence electrons. The summed E-state index contributed by atoms with van der Waals surface area (Å²) in [7, 11) is 3.09. The average molecular weight is 479 g/mol. The first-order valence-electron chi connectivity index (χ1n) is 11.5. The Balaban J connectivity index is 1.78. The molecule has 0 radical (unpaired) electrons. The number of carbonyl (C=O) groups is 1. The minimum Gasteiger partial charge on any atom is -0.504 e. The molecule has 35 heavy (non-hydrogen) atoms. The lowest BCUT2D eigenvalue weighted by Crippen LogP contribution is -2.46. The monoisotopic (exact) mass is 478 g/mol. The lowest BCUT2D eigenvalue weighted by atomic mass is 9.94. The summed E-state index contributed by atoms with van der Waals surface area (Å²) < 4.78 is 16.1. The summed E-state index contributed by atoms with van der Waals surface area (Å²) in [5.41, 5.74) is 2.83. The molecule has 0 saturated heterocycles. The zero-order chi connectivity index (χ0) is 25.1. The molecule has 0 spiro atoms. The van der Waals surface area contributed by atoms with Crippen LogP contribution in [0.2, 0.25) is 0 Å².